The molecule has 1 amide bonds. The zero-order valence-corrected chi connectivity index (χ0v) is 12.8. The summed E-state index contributed by atoms with van der Waals surface area (Å²) in [6.07, 6.45) is 4.85. The molecular formula is C15H28N2O4. The van der Waals surface area contributed by atoms with Crippen molar-refractivity contribution in [3.63, 3.8) is 0 Å². The monoisotopic (exact) mass is 300 g/mol. The number of nitrogens with two attached hydrogens (primary N) is 1. The third-order valence-electron chi connectivity index (χ3n) is 3.96. The third kappa shape index (κ3) is 6.91. The van der Waals surface area contributed by atoms with Gasteiger partial charge in [0, 0.05) is 13.0 Å². The molecule has 1 rings (SSSR count). The number of amides is 1. The van der Waals surface area contributed by atoms with E-state index in [-0.39, 0.29) is 12.0 Å². The fourth-order valence-corrected chi connectivity index (χ4v) is 2.77. The van der Waals surface area contributed by atoms with Gasteiger partial charge in [-0.2, -0.15) is 0 Å². The smallest absolute Gasteiger partial charge is 0.332 e. The molecule has 4 N–H and O–H groups in total. The average Bonchev–Trinajstić information content (AvgIpc) is 2.92. The highest BCUT2D eigenvalue weighted by Gasteiger charge is 2.30. The van der Waals surface area contributed by atoms with Gasteiger partial charge in [-0.15, -0.1) is 0 Å². The van der Waals surface area contributed by atoms with Crippen LogP contribution < -0.4 is 11.1 Å². The molecule has 0 saturated carbocycles. The zero-order chi connectivity index (χ0) is 15.7. The van der Waals surface area contributed by atoms with E-state index in [9.17, 15) is 9.59 Å². The summed E-state index contributed by atoms with van der Waals surface area (Å²) in [5.74, 6) is -0.395. The van der Waals surface area contributed by atoms with Crippen LogP contribution in [0.25, 0.3) is 0 Å². The predicted octanol–water partition coefficient (Wildman–Crippen LogP) is 1.28. The number of ether oxygens (including phenoxy) is 1. The van der Waals surface area contributed by atoms with Crippen molar-refractivity contribution >= 4 is 11.9 Å². The first-order valence-electron chi connectivity index (χ1n) is 7.91. The number of aliphatic carboxylic acids is 1. The maximum absolute atomic E-state index is 11.8. The fraction of sp³-hybridized carbons (Fsp3) is 0.867. The number of carbonyl (C=O) groups excluding carboxylic acids is 1. The normalized spacial score (nSPS) is 23.0. The van der Waals surface area contributed by atoms with E-state index in [1.165, 1.54) is 0 Å². The van der Waals surface area contributed by atoms with Gasteiger partial charge in [-0.05, 0) is 38.1 Å². The first kappa shape index (κ1) is 17.9. The molecule has 1 aliphatic rings. The van der Waals surface area contributed by atoms with Crippen LogP contribution in [0.15, 0.2) is 0 Å². The molecule has 3 atom stereocenters. The molecule has 0 aromatic carbocycles. The Bertz CT molecular complexity index is 330. The van der Waals surface area contributed by atoms with Gasteiger partial charge in [0.2, 0.25) is 5.91 Å². The van der Waals surface area contributed by atoms with Crippen LogP contribution in [-0.2, 0) is 14.3 Å². The van der Waals surface area contributed by atoms with Gasteiger partial charge in [0.05, 0.1) is 6.10 Å². The molecule has 0 aromatic heterocycles. The van der Waals surface area contributed by atoms with Crippen LogP contribution in [0, 0.1) is 5.92 Å². The minimum Gasteiger partial charge on any atom is -0.479 e. The molecule has 6 nitrogen and oxygen atoms in total. The number of rotatable bonds is 10. The minimum absolute atomic E-state index is 0.00972. The largest absolute Gasteiger partial charge is 0.479 e. The second-order valence-corrected chi connectivity index (χ2v) is 5.74. The standard InChI is InChI=1S/C15H28N2O4/c1-2-3-11(8-9-16)4-7-14(18)17-10-12-5-6-13(21-12)15(19)20/h11-13H,2-10,16H2,1H3,(H,17,18)(H,19,20). The highest BCUT2D eigenvalue weighted by Crippen LogP contribution is 2.19. The van der Waals surface area contributed by atoms with Crippen LogP contribution in [0.4, 0.5) is 0 Å². The average molecular weight is 300 g/mol. The van der Waals surface area contributed by atoms with E-state index in [4.69, 9.17) is 15.6 Å². The van der Waals surface area contributed by atoms with Gasteiger partial charge in [-0.25, -0.2) is 4.79 Å². The quantitative estimate of drug-likeness (QED) is 0.564. The third-order valence-corrected chi connectivity index (χ3v) is 3.96. The Hall–Kier alpha value is -1.14. The lowest BCUT2D eigenvalue weighted by molar-refractivity contribution is -0.149. The van der Waals surface area contributed by atoms with E-state index in [0.29, 0.717) is 38.3 Å². The van der Waals surface area contributed by atoms with Crippen molar-refractivity contribution < 1.29 is 19.4 Å². The van der Waals surface area contributed by atoms with Gasteiger partial charge < -0.3 is 20.9 Å². The second kappa shape index (κ2) is 9.73. The molecule has 1 heterocycles. The van der Waals surface area contributed by atoms with E-state index in [0.717, 1.165) is 25.7 Å². The molecular weight excluding hydrogens is 272 g/mol. The summed E-state index contributed by atoms with van der Waals surface area (Å²) in [6, 6.07) is 0. The molecule has 0 aromatic rings. The van der Waals surface area contributed by atoms with Crippen LogP contribution in [0.5, 0.6) is 0 Å². The topological polar surface area (TPSA) is 102 Å². The highest BCUT2D eigenvalue weighted by atomic mass is 16.5. The lowest BCUT2D eigenvalue weighted by atomic mass is 9.94. The Labute approximate surface area is 126 Å². The summed E-state index contributed by atoms with van der Waals surface area (Å²) >= 11 is 0. The molecule has 0 aliphatic carbocycles. The Morgan fingerprint density at radius 2 is 2.10 bits per heavy atom. The lowest BCUT2D eigenvalue weighted by Gasteiger charge is -2.16. The summed E-state index contributed by atoms with van der Waals surface area (Å²) in [5, 5.41) is 11.7. The predicted molar refractivity (Wildman–Crippen MR) is 79.8 cm³/mol. The number of nitrogens with one attached hydrogen (secondary N) is 1. The Morgan fingerprint density at radius 3 is 2.67 bits per heavy atom. The molecule has 1 saturated heterocycles. The molecule has 21 heavy (non-hydrogen) atoms. The van der Waals surface area contributed by atoms with Gasteiger partial charge >= 0.3 is 5.97 Å². The van der Waals surface area contributed by atoms with Crippen molar-refractivity contribution in [2.45, 2.75) is 64.1 Å². The van der Waals surface area contributed by atoms with Crippen molar-refractivity contribution in [2.75, 3.05) is 13.1 Å². The molecule has 0 radical (unpaired) electrons. The molecule has 1 aliphatic heterocycles. The lowest BCUT2D eigenvalue weighted by Crippen LogP contribution is -2.33. The van der Waals surface area contributed by atoms with Crippen LogP contribution in [-0.4, -0.2) is 42.3 Å². The van der Waals surface area contributed by atoms with Crippen LogP contribution in [0.2, 0.25) is 0 Å². The van der Waals surface area contributed by atoms with Gasteiger partial charge in [-0.1, -0.05) is 19.8 Å². The van der Waals surface area contributed by atoms with Crippen molar-refractivity contribution in [1.82, 2.24) is 5.32 Å². The zero-order valence-electron chi connectivity index (χ0n) is 12.8. The molecule has 0 spiro atoms. The maximum atomic E-state index is 11.8. The van der Waals surface area contributed by atoms with E-state index >= 15 is 0 Å². The van der Waals surface area contributed by atoms with Gasteiger partial charge in [0.1, 0.15) is 0 Å². The minimum atomic E-state index is -0.923. The first-order valence-corrected chi connectivity index (χ1v) is 7.91. The summed E-state index contributed by atoms with van der Waals surface area (Å²) < 4.78 is 5.35. The number of carboxylic acids is 1. The summed E-state index contributed by atoms with van der Waals surface area (Å²) in [4.78, 5) is 22.6. The molecule has 122 valence electrons. The van der Waals surface area contributed by atoms with Gasteiger partial charge in [0.15, 0.2) is 6.10 Å². The second-order valence-electron chi connectivity index (χ2n) is 5.74. The van der Waals surface area contributed by atoms with Crippen LogP contribution >= 0.6 is 0 Å². The number of carboxylic acid groups (broad SMARTS) is 1. The summed E-state index contributed by atoms with van der Waals surface area (Å²) in [6.45, 7) is 3.20. The summed E-state index contributed by atoms with van der Waals surface area (Å²) in [5.41, 5.74) is 5.58. The number of hydrogen-bond donors (Lipinski definition) is 3. The van der Waals surface area contributed by atoms with E-state index in [1.807, 2.05) is 0 Å². The highest BCUT2D eigenvalue weighted by molar-refractivity contribution is 5.76. The fourth-order valence-electron chi connectivity index (χ4n) is 2.77. The number of hydrogen-bond acceptors (Lipinski definition) is 4. The molecule has 1 fully saturated rings. The van der Waals surface area contributed by atoms with Crippen LogP contribution in [0.1, 0.15) is 51.9 Å². The Kier molecular flexibility index (Phi) is 8.30. The summed E-state index contributed by atoms with van der Waals surface area (Å²) in [7, 11) is 0. The van der Waals surface area contributed by atoms with Gasteiger partial charge in [-0.3, -0.25) is 4.79 Å². The van der Waals surface area contributed by atoms with Crippen molar-refractivity contribution in [3.05, 3.63) is 0 Å². The first-order chi connectivity index (χ1) is 10.1. The van der Waals surface area contributed by atoms with Crippen molar-refractivity contribution in [1.29, 1.82) is 0 Å². The Morgan fingerprint density at radius 1 is 1.33 bits per heavy atom. The van der Waals surface area contributed by atoms with E-state index in [1.54, 1.807) is 0 Å². The van der Waals surface area contributed by atoms with Crippen molar-refractivity contribution in [2.24, 2.45) is 11.7 Å². The molecule has 3 unspecified atom stereocenters. The molecule has 6 heteroatoms. The Balaban J connectivity index is 2.17. The van der Waals surface area contributed by atoms with Crippen molar-refractivity contribution in [3.8, 4) is 0 Å². The van der Waals surface area contributed by atoms with E-state index in [2.05, 4.69) is 12.2 Å². The number of carbonyl (C=O) groups is 2. The van der Waals surface area contributed by atoms with Crippen LogP contribution in [0.3, 0.4) is 0 Å². The van der Waals surface area contributed by atoms with E-state index < -0.39 is 12.1 Å². The maximum Gasteiger partial charge on any atom is 0.332 e. The van der Waals surface area contributed by atoms with Gasteiger partial charge in [0.25, 0.3) is 0 Å². The SMILES string of the molecule is CCCC(CCN)CCC(=O)NCC1CCC(C(=O)O)O1. The molecule has 0 bridgehead atoms.